The summed E-state index contributed by atoms with van der Waals surface area (Å²) in [6.07, 6.45) is 3.88. The van der Waals surface area contributed by atoms with E-state index in [1.54, 1.807) is 0 Å². The number of hydrogen-bond donors (Lipinski definition) is 2. The average Bonchev–Trinajstić information content (AvgIpc) is 2.70. The molecule has 150 valence electrons. The Hall–Kier alpha value is -2.15. The van der Waals surface area contributed by atoms with Crippen LogP contribution in [0.15, 0.2) is 24.4 Å². The normalized spacial score (nSPS) is 16.3. The summed E-state index contributed by atoms with van der Waals surface area (Å²) in [7, 11) is 0. The Bertz CT molecular complexity index is 600. The second kappa shape index (κ2) is 10.3. The van der Waals surface area contributed by atoms with Gasteiger partial charge in [-0.25, -0.2) is 4.98 Å². The fourth-order valence-corrected chi connectivity index (χ4v) is 3.30. The zero-order valence-corrected chi connectivity index (χ0v) is 16.7. The number of likely N-dealkylation sites (N-methyl/N-ethyl adjacent to an activating group) is 1. The van der Waals surface area contributed by atoms with Gasteiger partial charge in [-0.15, -0.1) is 0 Å². The average molecular weight is 376 g/mol. The smallest absolute Gasteiger partial charge is 0.241 e. The van der Waals surface area contributed by atoms with Gasteiger partial charge in [0.1, 0.15) is 5.82 Å². The second-order valence-electron chi connectivity index (χ2n) is 7.54. The lowest BCUT2D eigenvalue weighted by molar-refractivity contribution is -0.133. The number of rotatable bonds is 8. The SMILES string of the molecule is CCN(CC1CCN(c2ccccn2)CC1)C(=O)CNC(=O)[C@@H](N)C(C)C. The molecule has 0 aliphatic carbocycles. The maximum atomic E-state index is 12.5. The van der Waals surface area contributed by atoms with Crippen LogP contribution in [0.2, 0.25) is 0 Å². The van der Waals surface area contributed by atoms with Crippen LogP contribution in [0.3, 0.4) is 0 Å². The van der Waals surface area contributed by atoms with Crippen LogP contribution in [-0.4, -0.2) is 60.5 Å². The highest BCUT2D eigenvalue weighted by molar-refractivity contribution is 5.87. The molecule has 1 aromatic heterocycles. The summed E-state index contributed by atoms with van der Waals surface area (Å²) < 4.78 is 0. The van der Waals surface area contributed by atoms with Crippen LogP contribution in [0.25, 0.3) is 0 Å². The van der Waals surface area contributed by atoms with Crippen molar-refractivity contribution in [3.63, 3.8) is 0 Å². The third kappa shape index (κ3) is 6.20. The molecular formula is C20H33N5O2. The molecule has 1 aliphatic rings. The number of anilines is 1. The van der Waals surface area contributed by atoms with Gasteiger partial charge in [0.25, 0.3) is 0 Å². The molecule has 27 heavy (non-hydrogen) atoms. The molecule has 0 saturated carbocycles. The van der Waals surface area contributed by atoms with Crippen LogP contribution >= 0.6 is 0 Å². The molecule has 1 aliphatic heterocycles. The number of carbonyl (C=O) groups is 2. The van der Waals surface area contributed by atoms with Crippen molar-refractivity contribution in [1.29, 1.82) is 0 Å². The predicted octanol–water partition coefficient (Wildman–Crippen LogP) is 1.25. The number of pyridine rings is 1. The summed E-state index contributed by atoms with van der Waals surface area (Å²) in [6.45, 7) is 9.05. The largest absolute Gasteiger partial charge is 0.357 e. The van der Waals surface area contributed by atoms with Crippen LogP contribution in [0.1, 0.15) is 33.6 Å². The first kappa shape index (κ1) is 21.2. The predicted molar refractivity (Wildman–Crippen MR) is 107 cm³/mol. The summed E-state index contributed by atoms with van der Waals surface area (Å²) in [5.41, 5.74) is 5.82. The Labute approximate surface area is 162 Å². The van der Waals surface area contributed by atoms with E-state index in [9.17, 15) is 9.59 Å². The summed E-state index contributed by atoms with van der Waals surface area (Å²) in [5.74, 6) is 1.23. The molecule has 2 heterocycles. The van der Waals surface area contributed by atoms with Gasteiger partial charge in [0.15, 0.2) is 0 Å². The molecule has 2 rings (SSSR count). The van der Waals surface area contributed by atoms with E-state index >= 15 is 0 Å². The number of aromatic nitrogens is 1. The Morgan fingerprint density at radius 3 is 2.59 bits per heavy atom. The van der Waals surface area contributed by atoms with Crippen molar-refractivity contribution >= 4 is 17.6 Å². The highest BCUT2D eigenvalue weighted by Gasteiger charge is 2.24. The lowest BCUT2D eigenvalue weighted by atomic mass is 9.96. The molecule has 7 nitrogen and oxygen atoms in total. The highest BCUT2D eigenvalue weighted by Crippen LogP contribution is 2.22. The van der Waals surface area contributed by atoms with Gasteiger partial charge in [-0.05, 0) is 43.7 Å². The Morgan fingerprint density at radius 1 is 1.33 bits per heavy atom. The molecule has 1 fully saturated rings. The Balaban J connectivity index is 1.78. The van der Waals surface area contributed by atoms with Gasteiger partial charge in [0, 0.05) is 32.4 Å². The van der Waals surface area contributed by atoms with E-state index in [0.717, 1.165) is 38.3 Å². The van der Waals surface area contributed by atoms with Gasteiger partial charge in [-0.1, -0.05) is 19.9 Å². The van der Waals surface area contributed by atoms with Gasteiger partial charge < -0.3 is 20.9 Å². The van der Waals surface area contributed by atoms with E-state index in [0.29, 0.717) is 12.5 Å². The fraction of sp³-hybridized carbons (Fsp3) is 0.650. The molecule has 0 unspecified atom stereocenters. The van der Waals surface area contributed by atoms with Crippen molar-refractivity contribution in [1.82, 2.24) is 15.2 Å². The number of nitrogens with zero attached hydrogens (tertiary/aromatic N) is 3. The van der Waals surface area contributed by atoms with Crippen molar-refractivity contribution in [2.75, 3.05) is 37.6 Å². The molecule has 1 atom stereocenters. The fourth-order valence-electron chi connectivity index (χ4n) is 3.30. The first-order valence-electron chi connectivity index (χ1n) is 9.89. The summed E-state index contributed by atoms with van der Waals surface area (Å²) in [6, 6.07) is 5.38. The van der Waals surface area contributed by atoms with Crippen LogP contribution in [0, 0.1) is 11.8 Å². The van der Waals surface area contributed by atoms with Gasteiger partial charge >= 0.3 is 0 Å². The molecule has 0 aromatic carbocycles. The van der Waals surface area contributed by atoms with E-state index < -0.39 is 6.04 Å². The number of amides is 2. The van der Waals surface area contributed by atoms with Crippen LogP contribution in [0.4, 0.5) is 5.82 Å². The molecule has 1 saturated heterocycles. The lowest BCUT2D eigenvalue weighted by Gasteiger charge is -2.35. The van der Waals surface area contributed by atoms with Crippen LogP contribution in [0.5, 0.6) is 0 Å². The monoisotopic (exact) mass is 375 g/mol. The number of nitrogens with one attached hydrogen (secondary N) is 1. The maximum Gasteiger partial charge on any atom is 0.241 e. The van der Waals surface area contributed by atoms with Crippen molar-refractivity contribution in [3.8, 4) is 0 Å². The van der Waals surface area contributed by atoms with Gasteiger partial charge in [0.05, 0.1) is 12.6 Å². The van der Waals surface area contributed by atoms with Crippen molar-refractivity contribution in [3.05, 3.63) is 24.4 Å². The third-order valence-electron chi connectivity index (χ3n) is 5.24. The van der Waals surface area contributed by atoms with E-state index in [1.807, 2.05) is 50.1 Å². The number of hydrogen-bond acceptors (Lipinski definition) is 5. The number of nitrogens with two attached hydrogens (primary N) is 1. The van der Waals surface area contributed by atoms with E-state index in [1.165, 1.54) is 0 Å². The number of piperidine rings is 1. The summed E-state index contributed by atoms with van der Waals surface area (Å²) >= 11 is 0. The Morgan fingerprint density at radius 2 is 2.04 bits per heavy atom. The lowest BCUT2D eigenvalue weighted by Crippen LogP contribution is -2.49. The molecule has 3 N–H and O–H groups in total. The molecule has 7 heteroatoms. The quantitative estimate of drug-likeness (QED) is 0.713. The first-order valence-corrected chi connectivity index (χ1v) is 9.89. The van der Waals surface area contributed by atoms with Crippen molar-refractivity contribution < 1.29 is 9.59 Å². The first-order chi connectivity index (χ1) is 12.9. The highest BCUT2D eigenvalue weighted by atomic mass is 16.2. The number of carbonyl (C=O) groups excluding carboxylic acids is 2. The van der Waals surface area contributed by atoms with Crippen molar-refractivity contribution in [2.24, 2.45) is 17.6 Å². The zero-order valence-electron chi connectivity index (χ0n) is 16.7. The summed E-state index contributed by atoms with van der Waals surface area (Å²) in [4.78, 5) is 33.0. The van der Waals surface area contributed by atoms with Gasteiger partial charge in [-0.2, -0.15) is 0 Å². The topological polar surface area (TPSA) is 91.6 Å². The van der Waals surface area contributed by atoms with E-state index in [2.05, 4.69) is 15.2 Å². The maximum absolute atomic E-state index is 12.5. The van der Waals surface area contributed by atoms with Crippen molar-refractivity contribution in [2.45, 2.75) is 39.7 Å². The molecule has 0 spiro atoms. The molecule has 0 radical (unpaired) electrons. The molecule has 0 bridgehead atoms. The van der Waals surface area contributed by atoms with Gasteiger partial charge in [-0.3, -0.25) is 9.59 Å². The summed E-state index contributed by atoms with van der Waals surface area (Å²) in [5, 5.41) is 2.67. The van der Waals surface area contributed by atoms with Crippen LogP contribution < -0.4 is 16.0 Å². The second-order valence-corrected chi connectivity index (χ2v) is 7.54. The minimum absolute atomic E-state index is 0.0138. The minimum Gasteiger partial charge on any atom is -0.357 e. The molecule has 1 aromatic rings. The Kier molecular flexibility index (Phi) is 8.03. The minimum atomic E-state index is -0.580. The molecular weight excluding hydrogens is 342 g/mol. The van der Waals surface area contributed by atoms with E-state index in [-0.39, 0.29) is 24.3 Å². The third-order valence-corrected chi connectivity index (χ3v) is 5.24. The van der Waals surface area contributed by atoms with Gasteiger partial charge in [0.2, 0.25) is 11.8 Å². The van der Waals surface area contributed by atoms with Crippen LogP contribution in [-0.2, 0) is 9.59 Å². The van der Waals surface area contributed by atoms with E-state index in [4.69, 9.17) is 5.73 Å². The molecule has 2 amide bonds. The zero-order chi connectivity index (χ0) is 19.8. The standard InChI is InChI=1S/C20H33N5O2/c1-4-24(18(26)13-23-20(27)19(21)15(2)3)14-16-8-11-25(12-9-16)17-7-5-6-10-22-17/h5-7,10,15-16,19H,4,8-9,11-14,21H2,1-3H3,(H,23,27)/t19-/m0/s1.